The summed E-state index contributed by atoms with van der Waals surface area (Å²) in [4.78, 5) is 22.2. The van der Waals surface area contributed by atoms with E-state index in [-0.39, 0.29) is 11.3 Å². The minimum atomic E-state index is -0.0163. The largest absolute Gasteiger partial charge is 0.497 e. The predicted octanol–water partition coefficient (Wildman–Crippen LogP) is 9.60. The van der Waals surface area contributed by atoms with Gasteiger partial charge in [-0.25, -0.2) is 4.98 Å². The maximum absolute atomic E-state index is 13.1. The number of hydrogen-bond donors (Lipinski definition) is 1. The van der Waals surface area contributed by atoms with Crippen molar-refractivity contribution in [3.8, 4) is 5.75 Å². The van der Waals surface area contributed by atoms with Gasteiger partial charge < -0.3 is 19.9 Å². The van der Waals surface area contributed by atoms with E-state index in [1.807, 2.05) is 53.4 Å². The van der Waals surface area contributed by atoms with E-state index in [1.54, 1.807) is 18.9 Å². The Kier molecular flexibility index (Phi) is 8.68. The second-order valence-electron chi connectivity index (χ2n) is 11.2. The number of carbonyl (C=O) groups excluding carboxylic acids is 1. The molecule has 1 amide bonds. The first-order valence-corrected chi connectivity index (χ1v) is 16.7. The third kappa shape index (κ3) is 6.08. The molecular weight excluding hydrogens is 612 g/mol. The number of nitrogens with zero attached hydrogens (tertiary/aromatic N) is 3. The molecule has 0 bridgehead atoms. The Morgan fingerprint density at radius 3 is 2.24 bits per heavy atom. The van der Waals surface area contributed by atoms with Gasteiger partial charge in [-0.1, -0.05) is 60.1 Å². The van der Waals surface area contributed by atoms with Crippen molar-refractivity contribution in [3.63, 3.8) is 0 Å². The lowest BCUT2D eigenvalue weighted by molar-refractivity contribution is -0.128. The van der Waals surface area contributed by atoms with Crippen LogP contribution in [0.3, 0.4) is 0 Å². The molecule has 1 aromatic heterocycles. The average molecular weight is 645 g/mol. The number of para-hydroxylation sites is 2. The number of anilines is 4. The minimum absolute atomic E-state index is 0.0163. The molecule has 1 N–H and O–H groups in total. The van der Waals surface area contributed by atoms with Crippen LogP contribution in [0.4, 0.5) is 22.7 Å². The van der Waals surface area contributed by atoms with Crippen LogP contribution in [0.1, 0.15) is 17.4 Å². The Morgan fingerprint density at radius 2 is 1.54 bits per heavy atom. The lowest BCUT2D eigenvalue weighted by Gasteiger charge is -2.27. The van der Waals surface area contributed by atoms with Crippen molar-refractivity contribution in [2.24, 2.45) is 0 Å². The van der Waals surface area contributed by atoms with Crippen molar-refractivity contribution in [2.75, 3.05) is 36.2 Å². The third-order valence-electron chi connectivity index (χ3n) is 8.25. The first-order chi connectivity index (χ1) is 22.6. The predicted molar refractivity (Wildman–Crippen MR) is 192 cm³/mol. The smallest absolute Gasteiger partial charge is 0.233 e. The zero-order valence-corrected chi connectivity index (χ0v) is 27.0. The standard InChI is InChI=1S/C38H33ClN4O2S/c1-45-31-18-20-34-33(24-31)37(32-19-15-27(39)23-35(32)41-34)40-21-8-22-42-36(44)25-46-38(42)26-13-16-30(17-14-26)43(28-9-4-2-5-10-28)29-11-6-3-7-12-29/h2-7,9-20,23-24,38H,8,21-22,25H2,1H3,(H,40,41). The number of carbonyl (C=O) groups is 1. The van der Waals surface area contributed by atoms with Crippen LogP contribution in [0, 0.1) is 0 Å². The van der Waals surface area contributed by atoms with Gasteiger partial charge in [-0.15, -0.1) is 11.8 Å². The maximum Gasteiger partial charge on any atom is 0.233 e. The van der Waals surface area contributed by atoms with E-state index in [9.17, 15) is 4.79 Å². The van der Waals surface area contributed by atoms with Gasteiger partial charge in [-0.3, -0.25) is 4.79 Å². The Labute approximate surface area is 278 Å². The monoisotopic (exact) mass is 644 g/mol. The SMILES string of the molecule is COc1ccc2nc3cc(Cl)ccc3c(NCCCN3C(=O)CSC3c3ccc(N(c4ccccc4)c4ccccc4)cc3)c2c1. The van der Waals surface area contributed by atoms with Gasteiger partial charge in [0, 0.05) is 45.9 Å². The van der Waals surface area contributed by atoms with Crippen LogP contribution < -0.4 is 15.0 Å². The molecular formula is C38H33ClN4O2S. The zero-order chi connectivity index (χ0) is 31.5. The molecule has 1 fully saturated rings. The Hall–Kier alpha value is -4.72. The molecule has 1 atom stereocenters. The number of halogens is 1. The molecule has 7 rings (SSSR count). The van der Waals surface area contributed by atoms with Crippen LogP contribution >= 0.6 is 23.4 Å². The van der Waals surface area contributed by atoms with Gasteiger partial charge in [0.15, 0.2) is 0 Å². The molecule has 1 aliphatic heterocycles. The van der Waals surface area contributed by atoms with Crippen molar-refractivity contribution in [3.05, 3.63) is 132 Å². The number of thioether (sulfide) groups is 1. The highest BCUT2D eigenvalue weighted by molar-refractivity contribution is 8.00. The number of rotatable bonds is 10. The molecule has 6 nitrogen and oxygen atoms in total. The van der Waals surface area contributed by atoms with Crippen LogP contribution in [-0.2, 0) is 4.79 Å². The summed E-state index contributed by atoms with van der Waals surface area (Å²) in [5.41, 5.74) is 7.08. The molecule has 230 valence electrons. The molecule has 6 aromatic rings. The van der Waals surface area contributed by atoms with E-state index >= 15 is 0 Å². The number of hydrogen-bond acceptors (Lipinski definition) is 6. The summed E-state index contributed by atoms with van der Waals surface area (Å²) in [6.45, 7) is 1.35. The third-order valence-corrected chi connectivity index (χ3v) is 9.75. The fourth-order valence-corrected chi connectivity index (χ4v) is 7.42. The van der Waals surface area contributed by atoms with Crippen LogP contribution in [0.2, 0.25) is 5.02 Å². The normalized spacial score (nSPS) is 14.6. The van der Waals surface area contributed by atoms with Gasteiger partial charge in [-0.2, -0.15) is 0 Å². The topological polar surface area (TPSA) is 57.7 Å². The van der Waals surface area contributed by atoms with Crippen LogP contribution in [0.15, 0.2) is 121 Å². The van der Waals surface area contributed by atoms with Gasteiger partial charge in [0.05, 0.1) is 29.6 Å². The quantitative estimate of drug-likeness (QED) is 0.118. The van der Waals surface area contributed by atoms with E-state index in [2.05, 4.69) is 83.0 Å². The fraction of sp³-hybridized carbons (Fsp3) is 0.158. The van der Waals surface area contributed by atoms with Gasteiger partial charge in [0.2, 0.25) is 5.91 Å². The number of methoxy groups -OCH3 is 1. The lowest BCUT2D eigenvalue weighted by Crippen LogP contribution is -2.30. The van der Waals surface area contributed by atoms with E-state index in [4.69, 9.17) is 21.3 Å². The second-order valence-corrected chi connectivity index (χ2v) is 12.7. The molecule has 1 saturated heterocycles. The van der Waals surface area contributed by atoms with E-state index in [0.29, 0.717) is 23.9 Å². The first kappa shape index (κ1) is 30.0. The number of amides is 1. The maximum atomic E-state index is 13.1. The Morgan fingerprint density at radius 1 is 0.848 bits per heavy atom. The number of fused-ring (bicyclic) bond motifs is 2. The zero-order valence-electron chi connectivity index (χ0n) is 25.4. The van der Waals surface area contributed by atoms with Gasteiger partial charge in [0.25, 0.3) is 0 Å². The highest BCUT2D eigenvalue weighted by Gasteiger charge is 2.32. The summed E-state index contributed by atoms with van der Waals surface area (Å²) in [5.74, 6) is 1.43. The number of nitrogens with one attached hydrogen (secondary N) is 1. The van der Waals surface area contributed by atoms with E-state index in [0.717, 1.165) is 62.3 Å². The summed E-state index contributed by atoms with van der Waals surface area (Å²) in [6.07, 6.45) is 0.791. The summed E-state index contributed by atoms with van der Waals surface area (Å²) < 4.78 is 5.51. The number of aromatic nitrogens is 1. The van der Waals surface area contributed by atoms with E-state index < -0.39 is 0 Å². The molecule has 0 saturated carbocycles. The number of ether oxygens (including phenoxy) is 1. The Balaban J connectivity index is 1.08. The molecule has 0 radical (unpaired) electrons. The van der Waals surface area contributed by atoms with Crippen molar-refractivity contribution >= 4 is 73.8 Å². The lowest BCUT2D eigenvalue weighted by atomic mass is 10.1. The second kappa shape index (κ2) is 13.3. The highest BCUT2D eigenvalue weighted by Crippen LogP contribution is 2.41. The molecule has 1 unspecified atom stereocenters. The molecule has 2 heterocycles. The van der Waals surface area contributed by atoms with Gasteiger partial charge >= 0.3 is 0 Å². The fourth-order valence-electron chi connectivity index (χ4n) is 6.04. The summed E-state index contributed by atoms with van der Waals surface area (Å²) in [5, 5.41) is 6.27. The molecule has 46 heavy (non-hydrogen) atoms. The van der Waals surface area contributed by atoms with Crippen molar-refractivity contribution in [1.82, 2.24) is 9.88 Å². The summed E-state index contributed by atoms with van der Waals surface area (Å²) in [6, 6.07) is 41.0. The van der Waals surface area contributed by atoms with Gasteiger partial charge in [-0.05, 0) is 84.8 Å². The van der Waals surface area contributed by atoms with Crippen LogP contribution in [0.5, 0.6) is 5.75 Å². The highest BCUT2D eigenvalue weighted by atomic mass is 35.5. The minimum Gasteiger partial charge on any atom is -0.497 e. The molecule has 0 aliphatic carbocycles. The van der Waals surface area contributed by atoms with Crippen molar-refractivity contribution < 1.29 is 9.53 Å². The van der Waals surface area contributed by atoms with Crippen molar-refractivity contribution in [2.45, 2.75) is 11.8 Å². The number of pyridine rings is 1. The van der Waals surface area contributed by atoms with E-state index in [1.165, 1.54) is 0 Å². The molecule has 8 heteroatoms. The van der Waals surface area contributed by atoms with Crippen LogP contribution in [-0.4, -0.2) is 41.7 Å². The average Bonchev–Trinajstić information content (AvgIpc) is 3.47. The molecule has 1 aliphatic rings. The summed E-state index contributed by atoms with van der Waals surface area (Å²) >= 11 is 8.00. The molecule has 5 aromatic carbocycles. The first-order valence-electron chi connectivity index (χ1n) is 15.3. The van der Waals surface area contributed by atoms with Gasteiger partial charge in [0.1, 0.15) is 11.1 Å². The summed E-state index contributed by atoms with van der Waals surface area (Å²) in [7, 11) is 1.67. The van der Waals surface area contributed by atoms with Crippen molar-refractivity contribution in [1.29, 1.82) is 0 Å². The Bertz CT molecular complexity index is 1950. The van der Waals surface area contributed by atoms with Crippen LogP contribution in [0.25, 0.3) is 21.8 Å². The number of benzene rings is 5. The molecule has 0 spiro atoms.